The highest BCUT2D eigenvalue weighted by Gasteiger charge is 2.17. The van der Waals surface area contributed by atoms with E-state index in [1.54, 1.807) is 47.3 Å². The quantitative estimate of drug-likeness (QED) is 0.196. The molecule has 0 bridgehead atoms. The Morgan fingerprint density at radius 3 is 2.60 bits per heavy atom. The van der Waals surface area contributed by atoms with Gasteiger partial charge in [0.25, 0.3) is 5.56 Å². The number of furan rings is 1. The number of nitrogens with one attached hydrogen (secondary N) is 1. The Morgan fingerprint density at radius 1 is 0.977 bits per heavy atom. The molecule has 3 aromatic heterocycles. The minimum atomic E-state index is -0.511. The zero-order chi connectivity index (χ0) is 29.5. The van der Waals surface area contributed by atoms with Crippen LogP contribution in [0.3, 0.4) is 0 Å². The molecule has 8 nitrogen and oxygen atoms in total. The SMILES string of the molecule is O=C(Cn1cc(C=Nn2c(-c3cc4cc(Br)ccc4o3)nc3ccccc3c2=O)c2ccccc21)Nc1ccccc1F. The molecule has 43 heavy (non-hydrogen) atoms. The minimum Gasteiger partial charge on any atom is -0.453 e. The van der Waals surface area contributed by atoms with Crippen LogP contribution >= 0.6 is 15.9 Å². The number of para-hydroxylation sites is 3. The maximum absolute atomic E-state index is 14.1. The van der Waals surface area contributed by atoms with E-state index in [4.69, 9.17) is 9.40 Å². The van der Waals surface area contributed by atoms with E-state index in [2.05, 4.69) is 26.3 Å². The first-order valence-corrected chi connectivity index (χ1v) is 14.1. The van der Waals surface area contributed by atoms with E-state index in [1.165, 1.54) is 16.8 Å². The summed E-state index contributed by atoms with van der Waals surface area (Å²) < 4.78 is 24.1. The van der Waals surface area contributed by atoms with Crippen molar-refractivity contribution in [2.75, 3.05) is 5.32 Å². The van der Waals surface area contributed by atoms with Gasteiger partial charge in [-0.05, 0) is 54.6 Å². The highest BCUT2D eigenvalue weighted by atomic mass is 79.9. The van der Waals surface area contributed by atoms with Gasteiger partial charge in [-0.25, -0.2) is 9.37 Å². The van der Waals surface area contributed by atoms with Crippen molar-refractivity contribution < 1.29 is 13.6 Å². The smallest absolute Gasteiger partial charge is 0.282 e. The largest absolute Gasteiger partial charge is 0.453 e. The number of nitrogens with zero attached hydrogens (tertiary/aromatic N) is 4. The van der Waals surface area contributed by atoms with Gasteiger partial charge in [-0.2, -0.15) is 9.78 Å². The Labute approximate surface area is 251 Å². The summed E-state index contributed by atoms with van der Waals surface area (Å²) in [6, 6.07) is 28.1. The van der Waals surface area contributed by atoms with E-state index in [0.717, 1.165) is 20.8 Å². The molecule has 0 unspecified atom stereocenters. The topological polar surface area (TPSA) is 94.4 Å². The molecule has 4 aromatic carbocycles. The lowest BCUT2D eigenvalue weighted by Crippen LogP contribution is -2.20. The third kappa shape index (κ3) is 5.02. The number of benzene rings is 4. The van der Waals surface area contributed by atoms with E-state index < -0.39 is 5.82 Å². The van der Waals surface area contributed by atoms with Gasteiger partial charge in [0.1, 0.15) is 17.9 Å². The number of anilines is 1. The van der Waals surface area contributed by atoms with Crippen LogP contribution < -0.4 is 10.9 Å². The number of rotatable bonds is 6. The first-order valence-electron chi connectivity index (χ1n) is 13.3. The number of hydrogen-bond acceptors (Lipinski definition) is 5. The van der Waals surface area contributed by atoms with Gasteiger partial charge >= 0.3 is 0 Å². The molecule has 0 aliphatic rings. The van der Waals surface area contributed by atoms with Gasteiger partial charge in [-0.3, -0.25) is 9.59 Å². The molecule has 0 saturated carbocycles. The van der Waals surface area contributed by atoms with Crippen LogP contribution in [-0.4, -0.2) is 26.3 Å². The number of fused-ring (bicyclic) bond motifs is 3. The summed E-state index contributed by atoms with van der Waals surface area (Å²) in [7, 11) is 0. The fraction of sp³-hybridized carbons (Fsp3) is 0.0303. The Morgan fingerprint density at radius 2 is 1.74 bits per heavy atom. The van der Waals surface area contributed by atoms with Crippen molar-refractivity contribution in [3.63, 3.8) is 0 Å². The van der Waals surface area contributed by atoms with Crippen LogP contribution in [0.25, 0.3) is 44.4 Å². The molecule has 0 saturated heterocycles. The number of carbonyl (C=O) groups is 1. The third-order valence-electron chi connectivity index (χ3n) is 7.05. The normalized spacial score (nSPS) is 11.7. The highest BCUT2D eigenvalue weighted by Crippen LogP contribution is 2.29. The summed E-state index contributed by atoms with van der Waals surface area (Å²) in [4.78, 5) is 31.3. The second-order valence-electron chi connectivity index (χ2n) is 9.86. The molecule has 7 rings (SSSR count). The summed E-state index contributed by atoms with van der Waals surface area (Å²) in [5.41, 5.74) is 2.38. The molecular weight excluding hydrogens is 613 g/mol. The van der Waals surface area contributed by atoms with Crippen molar-refractivity contribution in [1.82, 2.24) is 14.2 Å². The first kappa shape index (κ1) is 26.5. The third-order valence-corrected chi connectivity index (χ3v) is 7.54. The summed E-state index contributed by atoms with van der Waals surface area (Å²) in [5, 5.41) is 9.29. The molecule has 3 heterocycles. The van der Waals surface area contributed by atoms with Gasteiger partial charge in [-0.1, -0.05) is 58.4 Å². The fourth-order valence-electron chi connectivity index (χ4n) is 5.05. The van der Waals surface area contributed by atoms with Crippen LogP contribution in [0, 0.1) is 5.82 Å². The van der Waals surface area contributed by atoms with E-state index in [0.29, 0.717) is 27.8 Å². The number of carbonyl (C=O) groups excluding carboxylic acids is 1. The molecular formula is C33H21BrFN5O3. The molecule has 0 aliphatic carbocycles. The van der Waals surface area contributed by atoms with Gasteiger partial charge in [0.15, 0.2) is 5.76 Å². The molecule has 1 amide bonds. The molecule has 7 aromatic rings. The van der Waals surface area contributed by atoms with Crippen LogP contribution in [0.5, 0.6) is 0 Å². The van der Waals surface area contributed by atoms with Crippen LogP contribution in [0.1, 0.15) is 5.56 Å². The van der Waals surface area contributed by atoms with E-state index in [-0.39, 0.29) is 29.5 Å². The number of hydrogen-bond donors (Lipinski definition) is 1. The standard InChI is InChI=1S/C33H21BrFN5O3/c34-22-13-14-29-20(15-22)16-30(43-29)32-38-26-10-4-1-8-24(26)33(42)40(32)36-17-21-18-39(28-12-6-2-7-23(21)28)19-31(41)37-27-11-5-3-9-25(27)35/h1-18H,19H2,(H,37,41). The molecule has 0 atom stereocenters. The van der Waals surface area contributed by atoms with Crippen molar-refractivity contribution in [3.05, 3.63) is 129 Å². The van der Waals surface area contributed by atoms with E-state index in [1.807, 2.05) is 54.6 Å². The number of aromatic nitrogens is 3. The second kappa shape index (κ2) is 10.8. The Balaban J connectivity index is 1.30. The Bertz CT molecular complexity index is 2280. The minimum absolute atomic E-state index is 0.0556. The molecule has 0 fully saturated rings. The highest BCUT2D eigenvalue weighted by molar-refractivity contribution is 9.10. The van der Waals surface area contributed by atoms with Gasteiger partial charge in [0.2, 0.25) is 11.7 Å². The van der Waals surface area contributed by atoms with Crippen molar-refractivity contribution in [2.24, 2.45) is 5.10 Å². The van der Waals surface area contributed by atoms with Crippen LogP contribution in [0.4, 0.5) is 10.1 Å². The molecule has 0 aliphatic heterocycles. The summed E-state index contributed by atoms with van der Waals surface area (Å²) in [6.07, 6.45) is 3.33. The fourth-order valence-corrected chi connectivity index (χ4v) is 5.43. The van der Waals surface area contributed by atoms with Crippen molar-refractivity contribution in [1.29, 1.82) is 0 Å². The lowest BCUT2D eigenvalue weighted by atomic mass is 10.2. The van der Waals surface area contributed by atoms with Gasteiger partial charge in [0, 0.05) is 32.5 Å². The van der Waals surface area contributed by atoms with Crippen molar-refractivity contribution in [2.45, 2.75) is 6.54 Å². The zero-order valence-corrected chi connectivity index (χ0v) is 24.0. The van der Waals surface area contributed by atoms with Crippen LogP contribution in [-0.2, 0) is 11.3 Å². The number of halogens is 2. The zero-order valence-electron chi connectivity index (χ0n) is 22.4. The van der Waals surface area contributed by atoms with Crippen molar-refractivity contribution in [3.8, 4) is 11.6 Å². The van der Waals surface area contributed by atoms with Gasteiger partial charge in [0.05, 0.1) is 22.8 Å². The van der Waals surface area contributed by atoms with Crippen molar-refractivity contribution >= 4 is 66.5 Å². The van der Waals surface area contributed by atoms with E-state index >= 15 is 0 Å². The molecule has 0 radical (unpaired) electrons. The average molecular weight is 634 g/mol. The monoisotopic (exact) mass is 633 g/mol. The summed E-state index contributed by atoms with van der Waals surface area (Å²) >= 11 is 3.48. The molecule has 10 heteroatoms. The molecule has 1 N–H and O–H groups in total. The lowest BCUT2D eigenvalue weighted by molar-refractivity contribution is -0.116. The molecule has 0 spiro atoms. The van der Waals surface area contributed by atoms with E-state index in [9.17, 15) is 14.0 Å². The Hall–Kier alpha value is -5.35. The summed E-state index contributed by atoms with van der Waals surface area (Å²) in [6.45, 7) is -0.0556. The first-order chi connectivity index (χ1) is 20.9. The summed E-state index contributed by atoms with van der Waals surface area (Å²) in [5.74, 6) is -0.257. The predicted molar refractivity (Wildman–Crippen MR) is 169 cm³/mol. The Kier molecular flexibility index (Phi) is 6.67. The predicted octanol–water partition coefficient (Wildman–Crippen LogP) is 7.19. The van der Waals surface area contributed by atoms with Gasteiger partial charge in [-0.15, -0.1) is 0 Å². The number of amides is 1. The molecule has 210 valence electrons. The van der Waals surface area contributed by atoms with Gasteiger partial charge < -0.3 is 14.3 Å². The average Bonchev–Trinajstić information content (AvgIpc) is 3.59. The second-order valence-corrected chi connectivity index (χ2v) is 10.8. The maximum atomic E-state index is 14.1. The van der Waals surface area contributed by atoms with Crippen LogP contribution in [0.2, 0.25) is 0 Å². The maximum Gasteiger partial charge on any atom is 0.282 e. The van der Waals surface area contributed by atoms with Crippen LogP contribution in [0.15, 0.2) is 122 Å². The lowest BCUT2D eigenvalue weighted by Gasteiger charge is -2.08.